The van der Waals surface area contributed by atoms with E-state index in [0.29, 0.717) is 16.6 Å². The van der Waals surface area contributed by atoms with Crippen LogP contribution in [0.5, 0.6) is 0 Å². The summed E-state index contributed by atoms with van der Waals surface area (Å²) in [7, 11) is 1.80. The van der Waals surface area contributed by atoms with Crippen LogP contribution in [0.25, 0.3) is 11.1 Å². The van der Waals surface area contributed by atoms with Crippen molar-refractivity contribution in [3.8, 4) is 11.1 Å². The Labute approximate surface area is 153 Å². The molecule has 2 N–H and O–H groups in total. The van der Waals surface area contributed by atoms with Crippen molar-refractivity contribution < 1.29 is 4.79 Å². The van der Waals surface area contributed by atoms with Crippen LogP contribution in [0.1, 0.15) is 18.9 Å². The third-order valence-corrected chi connectivity index (χ3v) is 4.73. The number of amides is 1. The lowest BCUT2D eigenvalue weighted by Gasteiger charge is -2.13. The number of halogens is 2. The minimum Gasteiger partial charge on any atom is -0.354 e. The van der Waals surface area contributed by atoms with E-state index in [1.165, 1.54) is 5.56 Å². The Morgan fingerprint density at radius 3 is 2.29 bits per heavy atom. The van der Waals surface area contributed by atoms with Crippen LogP contribution in [0.15, 0.2) is 42.5 Å². The van der Waals surface area contributed by atoms with E-state index in [1.807, 2.05) is 19.1 Å². The Bertz CT molecular complexity index is 682. The molecule has 1 amide bonds. The first kappa shape index (κ1) is 18.8. The third-order valence-electron chi connectivity index (χ3n) is 3.99. The normalized spacial score (nSPS) is 12.0. The molecule has 0 aliphatic carbocycles. The zero-order chi connectivity index (χ0) is 17.5. The maximum Gasteiger partial charge on any atom is 0.237 e. The van der Waals surface area contributed by atoms with Gasteiger partial charge in [0.1, 0.15) is 0 Å². The molecule has 0 radical (unpaired) electrons. The molecular weight excluding hydrogens is 343 g/mol. The molecule has 0 aromatic heterocycles. The number of hydrogen-bond donors (Lipinski definition) is 2. The van der Waals surface area contributed by atoms with E-state index in [4.69, 9.17) is 23.2 Å². The molecule has 0 heterocycles. The molecule has 0 aliphatic heterocycles. The minimum atomic E-state index is -0.123. The van der Waals surface area contributed by atoms with Crippen molar-refractivity contribution in [2.75, 3.05) is 13.6 Å². The lowest BCUT2D eigenvalue weighted by Crippen LogP contribution is -2.42. The maximum absolute atomic E-state index is 11.9. The second-order valence-electron chi connectivity index (χ2n) is 5.62. The van der Waals surface area contributed by atoms with Gasteiger partial charge in [-0.05, 0) is 48.7 Å². The molecule has 1 unspecified atom stereocenters. The molecule has 128 valence electrons. The van der Waals surface area contributed by atoms with Gasteiger partial charge >= 0.3 is 0 Å². The van der Waals surface area contributed by atoms with Gasteiger partial charge < -0.3 is 10.6 Å². The van der Waals surface area contributed by atoms with Crippen LogP contribution in [0.4, 0.5) is 0 Å². The summed E-state index contributed by atoms with van der Waals surface area (Å²) >= 11 is 12.0. The SMILES string of the molecule is CCC(NC)C(=O)NCCc1ccc(-c2ccc(Cl)c(Cl)c2)cc1. The number of benzene rings is 2. The van der Waals surface area contributed by atoms with Gasteiger partial charge in [-0.2, -0.15) is 0 Å². The second kappa shape index (κ2) is 9.07. The van der Waals surface area contributed by atoms with Crippen LogP contribution in [-0.2, 0) is 11.2 Å². The fourth-order valence-corrected chi connectivity index (χ4v) is 2.81. The molecule has 2 rings (SSSR count). The average Bonchev–Trinajstić information content (AvgIpc) is 2.59. The molecule has 1 atom stereocenters. The molecule has 0 aliphatic rings. The zero-order valence-corrected chi connectivity index (χ0v) is 15.4. The summed E-state index contributed by atoms with van der Waals surface area (Å²) in [5, 5.41) is 7.07. The summed E-state index contributed by atoms with van der Waals surface area (Å²) in [6, 6.07) is 13.7. The van der Waals surface area contributed by atoms with Crippen LogP contribution in [0, 0.1) is 0 Å². The van der Waals surface area contributed by atoms with Crippen molar-refractivity contribution in [3.05, 3.63) is 58.1 Å². The van der Waals surface area contributed by atoms with Crippen molar-refractivity contribution in [2.45, 2.75) is 25.8 Å². The molecule has 0 saturated heterocycles. The van der Waals surface area contributed by atoms with E-state index >= 15 is 0 Å². The summed E-state index contributed by atoms with van der Waals surface area (Å²) in [4.78, 5) is 11.9. The van der Waals surface area contributed by atoms with Gasteiger partial charge in [-0.3, -0.25) is 4.79 Å². The fraction of sp³-hybridized carbons (Fsp3) is 0.316. The molecule has 2 aromatic carbocycles. The molecule has 0 saturated carbocycles. The Balaban J connectivity index is 1.92. The van der Waals surface area contributed by atoms with E-state index in [9.17, 15) is 4.79 Å². The number of carbonyl (C=O) groups is 1. The highest BCUT2D eigenvalue weighted by molar-refractivity contribution is 6.42. The van der Waals surface area contributed by atoms with Crippen LogP contribution < -0.4 is 10.6 Å². The van der Waals surface area contributed by atoms with Gasteiger partial charge in [0.05, 0.1) is 16.1 Å². The minimum absolute atomic E-state index is 0.0485. The fourth-order valence-electron chi connectivity index (χ4n) is 2.51. The van der Waals surface area contributed by atoms with Gasteiger partial charge in [0.15, 0.2) is 0 Å². The first-order valence-electron chi connectivity index (χ1n) is 8.04. The summed E-state index contributed by atoms with van der Waals surface area (Å²) in [6.07, 6.45) is 1.58. The zero-order valence-electron chi connectivity index (χ0n) is 13.9. The molecule has 0 spiro atoms. The van der Waals surface area contributed by atoms with Crippen LogP contribution in [0.2, 0.25) is 10.0 Å². The van der Waals surface area contributed by atoms with Gasteiger partial charge in [0.25, 0.3) is 0 Å². The Morgan fingerprint density at radius 1 is 1.04 bits per heavy atom. The van der Waals surface area contributed by atoms with Crippen molar-refractivity contribution in [1.82, 2.24) is 10.6 Å². The molecule has 0 bridgehead atoms. The molecule has 24 heavy (non-hydrogen) atoms. The summed E-state index contributed by atoms with van der Waals surface area (Å²) in [5.41, 5.74) is 3.29. The largest absolute Gasteiger partial charge is 0.354 e. The molecule has 5 heteroatoms. The predicted molar refractivity (Wildman–Crippen MR) is 102 cm³/mol. The topological polar surface area (TPSA) is 41.1 Å². The van der Waals surface area contributed by atoms with Crippen molar-refractivity contribution >= 4 is 29.1 Å². The monoisotopic (exact) mass is 364 g/mol. The van der Waals surface area contributed by atoms with Crippen LogP contribution in [-0.4, -0.2) is 25.5 Å². The maximum atomic E-state index is 11.9. The smallest absolute Gasteiger partial charge is 0.237 e. The van der Waals surface area contributed by atoms with Gasteiger partial charge in [-0.1, -0.05) is 60.5 Å². The number of carbonyl (C=O) groups excluding carboxylic acids is 1. The van der Waals surface area contributed by atoms with Gasteiger partial charge in [0.2, 0.25) is 5.91 Å². The van der Waals surface area contributed by atoms with E-state index < -0.39 is 0 Å². The summed E-state index contributed by atoms with van der Waals surface area (Å²) in [6.45, 7) is 2.62. The van der Waals surface area contributed by atoms with E-state index in [2.05, 4.69) is 34.9 Å². The molecule has 3 nitrogen and oxygen atoms in total. The van der Waals surface area contributed by atoms with E-state index in [0.717, 1.165) is 24.0 Å². The van der Waals surface area contributed by atoms with Crippen LogP contribution >= 0.6 is 23.2 Å². The van der Waals surface area contributed by atoms with Gasteiger partial charge in [0, 0.05) is 6.54 Å². The molecule has 0 fully saturated rings. The predicted octanol–water partition coefficient (Wildman–Crippen LogP) is 4.32. The van der Waals surface area contributed by atoms with Crippen molar-refractivity contribution in [1.29, 1.82) is 0 Å². The Kier molecular flexibility index (Phi) is 7.10. The molecule has 2 aromatic rings. The van der Waals surface area contributed by atoms with Crippen molar-refractivity contribution in [2.24, 2.45) is 0 Å². The van der Waals surface area contributed by atoms with E-state index in [1.54, 1.807) is 13.1 Å². The number of likely N-dealkylation sites (N-methyl/N-ethyl adjacent to an activating group) is 1. The average molecular weight is 365 g/mol. The first-order valence-corrected chi connectivity index (χ1v) is 8.80. The van der Waals surface area contributed by atoms with Crippen molar-refractivity contribution in [3.63, 3.8) is 0 Å². The Morgan fingerprint density at radius 2 is 1.71 bits per heavy atom. The quantitative estimate of drug-likeness (QED) is 0.767. The van der Waals surface area contributed by atoms with Gasteiger partial charge in [-0.15, -0.1) is 0 Å². The number of rotatable bonds is 7. The lowest BCUT2D eigenvalue weighted by molar-refractivity contribution is -0.123. The first-order chi connectivity index (χ1) is 11.5. The summed E-state index contributed by atoms with van der Waals surface area (Å²) in [5.74, 6) is 0.0485. The Hall–Kier alpha value is -1.55. The number of nitrogens with one attached hydrogen (secondary N) is 2. The van der Waals surface area contributed by atoms with E-state index in [-0.39, 0.29) is 11.9 Å². The van der Waals surface area contributed by atoms with Crippen LogP contribution in [0.3, 0.4) is 0 Å². The standard InChI is InChI=1S/C19H22Cl2N2O/c1-3-18(22-2)19(24)23-11-10-13-4-6-14(7-5-13)15-8-9-16(20)17(21)12-15/h4-9,12,18,22H,3,10-11H2,1-2H3,(H,23,24). The third kappa shape index (κ3) is 4.97. The van der Waals surface area contributed by atoms with Gasteiger partial charge in [-0.25, -0.2) is 0 Å². The second-order valence-corrected chi connectivity index (χ2v) is 6.43. The highest BCUT2D eigenvalue weighted by atomic mass is 35.5. The highest BCUT2D eigenvalue weighted by Gasteiger charge is 2.12. The number of hydrogen-bond acceptors (Lipinski definition) is 2. The highest BCUT2D eigenvalue weighted by Crippen LogP contribution is 2.28. The summed E-state index contributed by atoms with van der Waals surface area (Å²) < 4.78 is 0. The molecular formula is C19H22Cl2N2O. The lowest BCUT2D eigenvalue weighted by atomic mass is 10.0.